The lowest BCUT2D eigenvalue weighted by Gasteiger charge is -2.28. The summed E-state index contributed by atoms with van der Waals surface area (Å²) >= 11 is 0. The fourth-order valence-corrected chi connectivity index (χ4v) is 10.5. The van der Waals surface area contributed by atoms with Gasteiger partial charge in [-0.15, -0.1) is 0 Å². The van der Waals surface area contributed by atoms with Crippen LogP contribution in [0.4, 0.5) is 14.4 Å². The number of hydrogen-bond acceptors (Lipinski definition) is 17. The number of aromatic nitrogens is 6. The molecule has 480 valence electrons. The van der Waals surface area contributed by atoms with Crippen LogP contribution in [0.1, 0.15) is 65.9 Å². The van der Waals surface area contributed by atoms with E-state index in [9.17, 15) is 28.8 Å². The van der Waals surface area contributed by atoms with Gasteiger partial charge in [-0.1, -0.05) is 6.07 Å². The maximum absolute atomic E-state index is 13.4. The fraction of sp³-hybridized carbons (Fsp3) is 0.162. The molecule has 0 saturated heterocycles. The number of carbonyl (C=O) groups excluding carboxylic acids is 6. The third-order valence-corrected chi connectivity index (χ3v) is 15.2. The molecule has 26 nitrogen and oxygen atoms in total. The second kappa shape index (κ2) is 29.4. The van der Waals surface area contributed by atoms with E-state index in [4.69, 9.17) is 37.9 Å². The van der Waals surface area contributed by atoms with Crippen LogP contribution in [0.3, 0.4) is 0 Å². The van der Waals surface area contributed by atoms with Crippen molar-refractivity contribution < 1.29 is 66.7 Å². The van der Waals surface area contributed by atoms with Crippen molar-refractivity contribution >= 4 is 35.4 Å². The first-order valence-electron chi connectivity index (χ1n) is 28.7. The first-order chi connectivity index (χ1) is 45.7. The molecule has 3 unspecified atom stereocenters. The van der Waals surface area contributed by atoms with Crippen LogP contribution >= 0.6 is 0 Å². The molecule has 0 saturated carbocycles. The van der Waals surface area contributed by atoms with Gasteiger partial charge in [0.05, 0.1) is 99.5 Å². The van der Waals surface area contributed by atoms with Gasteiger partial charge in [-0.3, -0.25) is 14.4 Å². The minimum atomic E-state index is -0.791. The second-order valence-electron chi connectivity index (χ2n) is 20.5. The van der Waals surface area contributed by atoms with Crippen LogP contribution in [0.5, 0.6) is 46.0 Å². The monoisotopic (exact) mass is 1270 g/mol. The molecule has 3 aliphatic rings. The number of nitrogens with one attached hydrogen (secondary N) is 6. The van der Waals surface area contributed by atoms with Crippen LogP contribution in [-0.2, 0) is 0 Å². The zero-order valence-electron chi connectivity index (χ0n) is 52.0. The number of amides is 6. The van der Waals surface area contributed by atoms with E-state index in [0.717, 1.165) is 17.1 Å². The molecule has 94 heavy (non-hydrogen) atoms. The first-order valence-corrected chi connectivity index (χ1v) is 28.7. The van der Waals surface area contributed by atoms with Crippen LogP contribution in [0.25, 0.3) is 17.1 Å². The number of ether oxygens (including phenoxy) is 8. The third-order valence-electron chi connectivity index (χ3n) is 15.2. The van der Waals surface area contributed by atoms with Crippen LogP contribution in [-0.4, -0.2) is 121 Å². The number of nitrogens with zero attached hydrogens (tertiary/aromatic N) is 6. The van der Waals surface area contributed by atoms with Crippen molar-refractivity contribution in [3.63, 3.8) is 0 Å². The van der Waals surface area contributed by atoms with E-state index >= 15 is 0 Å². The quantitative estimate of drug-likeness (QED) is 0.0388. The summed E-state index contributed by atoms with van der Waals surface area (Å²) in [6.45, 7) is 0. The third kappa shape index (κ3) is 14.0. The number of methoxy groups -OCH3 is 8. The van der Waals surface area contributed by atoms with Gasteiger partial charge in [0.15, 0.2) is 40.3 Å². The maximum Gasteiger partial charge on any atom is 0.319 e. The molecule has 0 aliphatic carbocycles. The zero-order chi connectivity index (χ0) is 66.4. The first kappa shape index (κ1) is 64.4. The Bertz CT molecular complexity index is 4270. The highest BCUT2D eigenvalue weighted by atomic mass is 16.5. The highest BCUT2D eigenvalue weighted by Gasteiger charge is 2.35. The van der Waals surface area contributed by atoms with Crippen LogP contribution in [0, 0.1) is 0 Å². The molecule has 6 amide bonds. The molecule has 0 radical (unpaired) electrons. The van der Waals surface area contributed by atoms with Crippen molar-refractivity contribution in [2.75, 3.05) is 56.9 Å². The van der Waals surface area contributed by atoms with Crippen LogP contribution in [0.2, 0.25) is 0 Å². The molecule has 3 aliphatic heterocycles. The Morgan fingerprint density at radius 1 is 0.372 bits per heavy atom. The Labute approximate surface area is 538 Å². The van der Waals surface area contributed by atoms with Gasteiger partial charge in [-0.25, -0.2) is 29.3 Å². The largest absolute Gasteiger partial charge is 0.496 e. The van der Waals surface area contributed by atoms with Crippen molar-refractivity contribution in [1.29, 1.82) is 0 Å². The van der Waals surface area contributed by atoms with Gasteiger partial charge in [0.1, 0.15) is 17.2 Å². The summed E-state index contributed by atoms with van der Waals surface area (Å²) in [6.07, 6.45) is 19.9. The summed E-state index contributed by atoms with van der Waals surface area (Å²) < 4.78 is 48.7. The Hall–Kier alpha value is -12.6. The molecule has 0 fully saturated rings. The van der Waals surface area contributed by atoms with E-state index < -0.39 is 30.2 Å². The molecule has 3 atom stereocenters. The summed E-state index contributed by atoms with van der Waals surface area (Å²) in [5, 5.41) is 16.1. The van der Waals surface area contributed by atoms with Gasteiger partial charge in [-0.05, 0) is 108 Å². The molecule has 6 heterocycles. The van der Waals surface area contributed by atoms with E-state index in [-0.39, 0.29) is 23.4 Å². The number of rotatable bonds is 20. The average molecular weight is 1270 g/mol. The van der Waals surface area contributed by atoms with Crippen molar-refractivity contribution in [3.05, 3.63) is 240 Å². The number of ketones is 3. The van der Waals surface area contributed by atoms with Crippen molar-refractivity contribution in [2.45, 2.75) is 18.1 Å². The molecule has 12 rings (SSSR count). The van der Waals surface area contributed by atoms with Crippen molar-refractivity contribution in [3.8, 4) is 63.1 Å². The molecule has 6 N–H and O–H groups in total. The van der Waals surface area contributed by atoms with Crippen molar-refractivity contribution in [2.24, 2.45) is 0 Å². The number of urea groups is 3. The molecule has 3 aromatic heterocycles. The summed E-state index contributed by atoms with van der Waals surface area (Å²) in [7, 11) is 12.1. The smallest absolute Gasteiger partial charge is 0.319 e. The van der Waals surface area contributed by atoms with Gasteiger partial charge in [0.25, 0.3) is 0 Å². The molecule has 6 aromatic carbocycles. The topological polar surface area (TPSA) is 302 Å². The number of imidazole rings is 3. The number of benzene rings is 6. The lowest BCUT2D eigenvalue weighted by atomic mass is 9.90. The summed E-state index contributed by atoms with van der Waals surface area (Å²) in [5.74, 6) is 3.03. The molecule has 26 heteroatoms. The Morgan fingerprint density at radius 2 is 0.723 bits per heavy atom. The van der Waals surface area contributed by atoms with Gasteiger partial charge >= 0.3 is 18.1 Å². The second-order valence-corrected chi connectivity index (χ2v) is 20.5. The number of hydrogen-bond donors (Lipinski definition) is 6. The molecule has 0 bridgehead atoms. The van der Waals surface area contributed by atoms with Crippen LogP contribution < -0.4 is 69.8 Å². The summed E-state index contributed by atoms with van der Waals surface area (Å²) in [4.78, 5) is 88.3. The molecular formula is C68H64N12O14. The average Bonchev–Trinajstić information content (AvgIpc) is 0.919. The van der Waals surface area contributed by atoms with Gasteiger partial charge < -0.3 is 83.5 Å². The SMILES string of the molecule is COc1cc(C2NC(=O)NC=C2C(=O)c2ccc(-n3ccnc3)cc2)cc(OC)c1OC.COc1cc(OC)c(C2NC(=O)NC=C2C(=O)c2ccc(-n3ccnc3)cc2)c(OC)c1.COc1ccc(C2NC(=O)NC=C2C(=O)c2ccc(-n3ccnc3)cc2)cc1OC. The fourth-order valence-electron chi connectivity index (χ4n) is 10.5. The highest BCUT2D eigenvalue weighted by molar-refractivity contribution is 6.12. The molecule has 9 aromatic rings. The summed E-state index contributed by atoms with van der Waals surface area (Å²) in [5.41, 5.74) is 7.06. The van der Waals surface area contributed by atoms with Gasteiger partial charge in [0, 0.05) is 118 Å². The Morgan fingerprint density at radius 3 is 1.06 bits per heavy atom. The van der Waals surface area contributed by atoms with Crippen molar-refractivity contribution in [1.82, 2.24) is 60.6 Å². The molecular weight excluding hydrogens is 1210 g/mol. The van der Waals surface area contributed by atoms with E-state index in [1.165, 1.54) is 68.4 Å². The minimum Gasteiger partial charge on any atom is -0.496 e. The highest BCUT2D eigenvalue weighted by Crippen LogP contribution is 2.44. The Balaban J connectivity index is 0.000000154. The lowest BCUT2D eigenvalue weighted by molar-refractivity contribution is 0.101. The standard InChI is InChI=1S/2C23H22N4O5.C22H20N4O4/c1-30-18-10-15(11-19(31-2)22(18)32-3)20-17(12-25-23(29)26-20)21(28)14-4-6-16(7-5-14)27-9-8-24-13-27;1-30-16-10-18(31-2)20(19(11-16)32-3)21-17(12-25-23(29)26-21)22(28)14-4-6-15(7-5-14)27-9-8-24-13-27;1-29-18-8-5-15(11-19(18)30-2)20-17(12-24-22(28)25-20)21(27)14-3-6-16(7-4-14)26-10-9-23-13-26/h4-13,20H,1-3H3,(H2,25,26,29);4-13,21H,1-3H3,(H2,25,26,29);3-13,20H,1-2H3,(H2,24,25,28). The van der Waals surface area contributed by atoms with E-state index in [1.54, 1.807) is 124 Å². The maximum atomic E-state index is 13.4. The minimum absolute atomic E-state index is 0.195. The van der Waals surface area contributed by atoms with Crippen LogP contribution in [0.15, 0.2) is 207 Å². The molecule has 0 spiro atoms. The van der Waals surface area contributed by atoms with Gasteiger partial charge in [0.2, 0.25) is 5.75 Å². The van der Waals surface area contributed by atoms with E-state index in [0.29, 0.717) is 96.1 Å². The number of carbonyl (C=O) groups is 6. The predicted molar refractivity (Wildman–Crippen MR) is 343 cm³/mol. The van der Waals surface area contributed by atoms with E-state index in [2.05, 4.69) is 46.9 Å². The Kier molecular flexibility index (Phi) is 20.1. The predicted octanol–water partition coefficient (Wildman–Crippen LogP) is 9.05. The summed E-state index contributed by atoms with van der Waals surface area (Å²) in [6, 6.07) is 30.1. The lowest BCUT2D eigenvalue weighted by Crippen LogP contribution is -2.42. The van der Waals surface area contributed by atoms with E-state index in [1.807, 2.05) is 68.7 Å². The zero-order valence-corrected chi connectivity index (χ0v) is 52.0. The number of Topliss-reactive ketones (excluding diaryl/α,β-unsaturated/α-hetero) is 3. The normalized spacial score (nSPS) is 15.4. The van der Waals surface area contributed by atoms with Gasteiger partial charge in [-0.2, -0.15) is 0 Å².